The first-order valence-corrected chi connectivity index (χ1v) is 10.5. The van der Waals surface area contributed by atoms with E-state index in [2.05, 4.69) is 19.1 Å². The fourth-order valence-electron chi connectivity index (χ4n) is 4.87. The zero-order valence-electron chi connectivity index (χ0n) is 16.5. The maximum absolute atomic E-state index is 10.3. The summed E-state index contributed by atoms with van der Waals surface area (Å²) in [6.07, 6.45) is 9.28. The van der Waals surface area contributed by atoms with Gasteiger partial charge in [0.05, 0.1) is 11.7 Å². The second kappa shape index (κ2) is 8.77. The molecule has 2 unspecified atom stereocenters. The third-order valence-corrected chi connectivity index (χ3v) is 6.44. The smallest absolute Gasteiger partial charge is 0.142 e. The lowest BCUT2D eigenvalue weighted by atomic mass is 9.76. The molecule has 0 spiro atoms. The molecule has 3 rings (SSSR count). The Balaban J connectivity index is 1.84. The Morgan fingerprint density at radius 1 is 1.11 bits per heavy atom. The molecule has 1 N–H and O–H groups in total. The van der Waals surface area contributed by atoms with Gasteiger partial charge >= 0.3 is 0 Å². The average Bonchev–Trinajstić information content (AvgIpc) is 2.72. The van der Waals surface area contributed by atoms with E-state index in [9.17, 15) is 15.6 Å². The number of aliphatic hydroxyl groups is 1. The van der Waals surface area contributed by atoms with Crippen molar-refractivity contribution >= 4 is 0 Å². The zero-order chi connectivity index (χ0) is 19.4. The number of rotatable bonds is 5. The highest BCUT2D eigenvalue weighted by Gasteiger charge is 2.34. The summed E-state index contributed by atoms with van der Waals surface area (Å²) in [6, 6.07) is 6.20. The van der Waals surface area contributed by atoms with Gasteiger partial charge < -0.3 is 9.84 Å². The highest BCUT2D eigenvalue weighted by atomic mass is 16.5. The molecule has 1 heterocycles. The van der Waals surface area contributed by atoms with E-state index in [1.54, 1.807) is 0 Å². The van der Waals surface area contributed by atoms with E-state index in [1.807, 2.05) is 13.0 Å². The van der Waals surface area contributed by atoms with Gasteiger partial charge in [0.25, 0.3) is 0 Å². The van der Waals surface area contributed by atoms with Crippen LogP contribution in [0.2, 0.25) is 0 Å². The van der Waals surface area contributed by atoms with Gasteiger partial charge in [-0.3, -0.25) is 0 Å². The molecule has 2 aliphatic rings. The van der Waals surface area contributed by atoms with E-state index in [0.717, 1.165) is 24.3 Å². The number of nitriles is 2. The molecule has 0 radical (unpaired) electrons. The molecule has 144 valence electrons. The number of ether oxygens (including phenoxy) is 1. The maximum Gasteiger partial charge on any atom is 0.142 e. The molecule has 0 saturated heterocycles. The van der Waals surface area contributed by atoms with Gasteiger partial charge in [-0.1, -0.05) is 39.5 Å². The standard InChI is InChI=1S/C23H30N2O2/c1-3-5-15-6-8-16(9-7-15)22-11-10-17-12-18(21(26)4-2)19(13-24)20(14-25)23(17)27-22/h12,15-16,21-22,26H,3-11H2,1-2H3. The fraction of sp³-hybridized carbons (Fsp3) is 0.652. The summed E-state index contributed by atoms with van der Waals surface area (Å²) in [5.74, 6) is 2.00. The number of benzene rings is 1. The lowest BCUT2D eigenvalue weighted by Crippen LogP contribution is -2.34. The van der Waals surface area contributed by atoms with Crippen LogP contribution in [0, 0.1) is 34.5 Å². The summed E-state index contributed by atoms with van der Waals surface area (Å²) in [5, 5.41) is 29.6. The van der Waals surface area contributed by atoms with Gasteiger partial charge in [-0.25, -0.2) is 0 Å². The van der Waals surface area contributed by atoms with E-state index in [1.165, 1.54) is 38.5 Å². The van der Waals surface area contributed by atoms with E-state index in [-0.39, 0.29) is 11.7 Å². The fourth-order valence-corrected chi connectivity index (χ4v) is 4.87. The second-order valence-corrected chi connectivity index (χ2v) is 8.12. The van der Waals surface area contributed by atoms with E-state index >= 15 is 0 Å². The predicted octanol–water partition coefficient (Wildman–Crippen LogP) is 5.17. The third kappa shape index (κ3) is 3.97. The SMILES string of the molecule is CCCC1CCC(C2CCc3cc(C(O)CC)c(C#N)c(C#N)c3O2)CC1. The van der Waals surface area contributed by atoms with Crippen LogP contribution in [0.4, 0.5) is 0 Å². The van der Waals surface area contributed by atoms with Crippen molar-refractivity contribution in [2.45, 2.75) is 83.8 Å². The topological polar surface area (TPSA) is 77.0 Å². The van der Waals surface area contributed by atoms with Gasteiger partial charge in [-0.2, -0.15) is 10.5 Å². The molecular formula is C23H30N2O2. The van der Waals surface area contributed by atoms with Crippen molar-refractivity contribution in [2.75, 3.05) is 0 Å². The monoisotopic (exact) mass is 366 g/mol. The summed E-state index contributed by atoms with van der Waals surface area (Å²) in [4.78, 5) is 0. The molecular weight excluding hydrogens is 336 g/mol. The van der Waals surface area contributed by atoms with Crippen molar-refractivity contribution < 1.29 is 9.84 Å². The molecule has 1 aromatic rings. The average molecular weight is 367 g/mol. The minimum absolute atomic E-state index is 0.140. The predicted molar refractivity (Wildman–Crippen MR) is 104 cm³/mol. The van der Waals surface area contributed by atoms with E-state index < -0.39 is 6.10 Å². The molecule has 27 heavy (non-hydrogen) atoms. The molecule has 1 aromatic carbocycles. The third-order valence-electron chi connectivity index (χ3n) is 6.44. The lowest BCUT2D eigenvalue weighted by Gasteiger charge is -2.37. The Labute approximate surface area is 162 Å². The van der Waals surface area contributed by atoms with Crippen molar-refractivity contribution in [3.63, 3.8) is 0 Å². The van der Waals surface area contributed by atoms with Crippen molar-refractivity contribution in [3.05, 3.63) is 28.3 Å². The second-order valence-electron chi connectivity index (χ2n) is 8.12. The van der Waals surface area contributed by atoms with E-state index in [0.29, 0.717) is 29.2 Å². The van der Waals surface area contributed by atoms with Gasteiger partial charge in [-0.15, -0.1) is 0 Å². The van der Waals surface area contributed by atoms with Crippen molar-refractivity contribution in [3.8, 4) is 17.9 Å². The van der Waals surface area contributed by atoms with Crippen LogP contribution in [0.5, 0.6) is 5.75 Å². The molecule has 1 aliphatic carbocycles. The molecule has 2 atom stereocenters. The minimum atomic E-state index is -0.719. The summed E-state index contributed by atoms with van der Waals surface area (Å²) < 4.78 is 6.34. The summed E-state index contributed by atoms with van der Waals surface area (Å²) >= 11 is 0. The number of hydrogen-bond donors (Lipinski definition) is 1. The molecule has 1 saturated carbocycles. The normalized spacial score (nSPS) is 25.6. The van der Waals surface area contributed by atoms with Crippen LogP contribution in [-0.4, -0.2) is 11.2 Å². The molecule has 1 fully saturated rings. The molecule has 1 aliphatic heterocycles. The summed E-state index contributed by atoms with van der Waals surface area (Å²) in [7, 11) is 0. The van der Waals surface area contributed by atoms with Crippen LogP contribution in [0.25, 0.3) is 0 Å². The lowest BCUT2D eigenvalue weighted by molar-refractivity contribution is 0.0753. The van der Waals surface area contributed by atoms with Gasteiger partial charge in [0, 0.05) is 5.56 Å². The van der Waals surface area contributed by atoms with Crippen LogP contribution in [-0.2, 0) is 6.42 Å². The highest BCUT2D eigenvalue weighted by molar-refractivity contribution is 5.62. The Morgan fingerprint density at radius 2 is 1.81 bits per heavy atom. The minimum Gasteiger partial charge on any atom is -0.488 e. The molecule has 4 nitrogen and oxygen atoms in total. The van der Waals surface area contributed by atoms with Crippen LogP contribution in [0.1, 0.15) is 93.6 Å². The van der Waals surface area contributed by atoms with Crippen LogP contribution in [0.15, 0.2) is 6.07 Å². The largest absolute Gasteiger partial charge is 0.488 e. The van der Waals surface area contributed by atoms with Gasteiger partial charge in [0.15, 0.2) is 0 Å². The van der Waals surface area contributed by atoms with Crippen molar-refractivity contribution in [2.24, 2.45) is 11.8 Å². The molecule has 4 heteroatoms. The maximum atomic E-state index is 10.3. The van der Waals surface area contributed by atoms with Gasteiger partial charge in [0.2, 0.25) is 0 Å². The first-order valence-electron chi connectivity index (χ1n) is 10.5. The van der Waals surface area contributed by atoms with Crippen molar-refractivity contribution in [1.82, 2.24) is 0 Å². The highest BCUT2D eigenvalue weighted by Crippen LogP contribution is 2.42. The molecule has 0 bridgehead atoms. The molecule has 0 aromatic heterocycles. The zero-order valence-corrected chi connectivity index (χ0v) is 16.5. The number of fused-ring (bicyclic) bond motifs is 1. The Morgan fingerprint density at radius 3 is 2.41 bits per heavy atom. The number of nitrogens with zero attached hydrogens (tertiary/aromatic N) is 2. The van der Waals surface area contributed by atoms with Crippen molar-refractivity contribution in [1.29, 1.82) is 10.5 Å². The number of hydrogen-bond acceptors (Lipinski definition) is 4. The Kier molecular flexibility index (Phi) is 6.40. The van der Waals surface area contributed by atoms with Gasteiger partial charge in [0.1, 0.15) is 29.6 Å². The number of aliphatic hydroxyl groups excluding tert-OH is 1. The molecule has 0 amide bonds. The van der Waals surface area contributed by atoms with Crippen LogP contribution >= 0.6 is 0 Å². The summed E-state index contributed by atoms with van der Waals surface area (Å²) in [5.41, 5.74) is 2.11. The first kappa shape index (κ1) is 19.7. The first-order chi connectivity index (χ1) is 13.1. The number of aryl methyl sites for hydroxylation is 1. The quantitative estimate of drug-likeness (QED) is 0.779. The summed E-state index contributed by atoms with van der Waals surface area (Å²) in [6.45, 7) is 4.13. The van der Waals surface area contributed by atoms with Crippen LogP contribution in [0.3, 0.4) is 0 Å². The van der Waals surface area contributed by atoms with Crippen LogP contribution < -0.4 is 4.74 Å². The Hall–Kier alpha value is -2.04. The Bertz CT molecular complexity index is 751. The van der Waals surface area contributed by atoms with Gasteiger partial charge in [-0.05, 0) is 55.6 Å². The van der Waals surface area contributed by atoms with E-state index in [4.69, 9.17) is 4.74 Å².